The van der Waals surface area contributed by atoms with Crippen molar-refractivity contribution in [2.75, 3.05) is 0 Å². The molecule has 4 aromatic rings. The minimum atomic E-state index is -1.45. The number of carboxylic acid groups (broad SMARTS) is 2. The first-order valence-corrected chi connectivity index (χ1v) is 12.5. The van der Waals surface area contributed by atoms with Gasteiger partial charge in [-0.2, -0.15) is 0 Å². The Morgan fingerprint density at radius 3 is 1.39 bits per heavy atom. The van der Waals surface area contributed by atoms with Gasteiger partial charge >= 0.3 is 59.1 Å². The number of aromatic carboxylic acids is 2. The van der Waals surface area contributed by atoms with Crippen LogP contribution in [-0.4, -0.2) is 31.9 Å². The van der Waals surface area contributed by atoms with Crippen molar-refractivity contribution >= 4 is 55.0 Å². The first kappa shape index (κ1) is 29.2. The SMILES string of the molecule is O=C([O-])c1nc2sc3c(c2c(=O)[nH]1)CCCC3.O=C([O-])c1nc2sc3c(c2c(=O)[nH]1)CCCC3.[Na+].[Na+]. The number of fused-ring (bicyclic) bond motifs is 6. The Morgan fingerprint density at radius 2 is 1.03 bits per heavy atom. The van der Waals surface area contributed by atoms with E-state index in [1.165, 1.54) is 32.4 Å². The third-order valence-electron chi connectivity index (χ3n) is 6.04. The summed E-state index contributed by atoms with van der Waals surface area (Å²) in [6.07, 6.45) is 8.04. The number of carbonyl (C=O) groups is 2. The zero-order valence-corrected chi connectivity index (χ0v) is 25.5. The predicted octanol–water partition coefficient (Wildman–Crippen LogP) is -5.54. The Labute approximate surface area is 256 Å². The van der Waals surface area contributed by atoms with Gasteiger partial charge in [-0.3, -0.25) is 9.59 Å². The fourth-order valence-electron chi connectivity index (χ4n) is 4.52. The van der Waals surface area contributed by atoms with Crippen molar-refractivity contribution in [3.05, 3.63) is 53.2 Å². The Kier molecular flexibility index (Phi) is 9.72. The summed E-state index contributed by atoms with van der Waals surface area (Å²) in [4.78, 5) is 60.9. The molecule has 0 fully saturated rings. The number of nitrogens with zero attached hydrogens (tertiary/aromatic N) is 2. The number of aromatic amines is 2. The summed E-state index contributed by atoms with van der Waals surface area (Å²) in [5.74, 6) is -3.67. The predicted molar refractivity (Wildman–Crippen MR) is 122 cm³/mol. The van der Waals surface area contributed by atoms with Gasteiger partial charge in [0.1, 0.15) is 21.6 Å². The van der Waals surface area contributed by atoms with Gasteiger partial charge in [0, 0.05) is 9.75 Å². The van der Waals surface area contributed by atoms with Crippen LogP contribution >= 0.6 is 22.7 Å². The summed E-state index contributed by atoms with van der Waals surface area (Å²) in [5.41, 5.74) is 1.37. The maximum atomic E-state index is 11.9. The van der Waals surface area contributed by atoms with E-state index in [1.807, 2.05) is 0 Å². The molecule has 2 aliphatic rings. The summed E-state index contributed by atoms with van der Waals surface area (Å²) < 4.78 is 0. The van der Waals surface area contributed by atoms with Crippen molar-refractivity contribution in [3.63, 3.8) is 0 Å². The molecule has 0 unspecified atom stereocenters. The van der Waals surface area contributed by atoms with Gasteiger partial charge in [0.25, 0.3) is 11.1 Å². The summed E-state index contributed by atoms with van der Waals surface area (Å²) in [7, 11) is 0. The molecule has 0 amide bonds. The molecule has 4 heterocycles. The standard InChI is InChI=1S/2C11H10N2O3S.2Na/c2*14-9-7-5-3-1-2-4-6(5)17-10(7)13-8(12-9)11(15)16;;/h2*1-4H2,(H,15,16)(H,12,13,14);;/q;;2*+1/p-2. The minimum absolute atomic E-state index is 0. The van der Waals surface area contributed by atoms with Crippen molar-refractivity contribution in [3.8, 4) is 0 Å². The van der Waals surface area contributed by atoms with Gasteiger partial charge in [0.15, 0.2) is 11.6 Å². The van der Waals surface area contributed by atoms with E-state index in [1.54, 1.807) is 0 Å². The number of carbonyl (C=O) groups excluding carboxylic acids is 2. The van der Waals surface area contributed by atoms with E-state index in [4.69, 9.17) is 0 Å². The van der Waals surface area contributed by atoms with Crippen molar-refractivity contribution in [2.24, 2.45) is 0 Å². The zero-order chi connectivity index (χ0) is 24.0. The molecule has 0 aromatic carbocycles. The molecule has 0 spiro atoms. The van der Waals surface area contributed by atoms with Crippen LogP contribution in [-0.2, 0) is 25.7 Å². The molecule has 0 saturated carbocycles. The molecule has 2 N–H and O–H groups in total. The Morgan fingerprint density at radius 1 is 0.667 bits per heavy atom. The third-order valence-corrected chi connectivity index (χ3v) is 8.41. The molecule has 0 bridgehead atoms. The topological polar surface area (TPSA) is 172 Å². The van der Waals surface area contributed by atoms with E-state index < -0.39 is 11.9 Å². The zero-order valence-electron chi connectivity index (χ0n) is 19.8. The van der Waals surface area contributed by atoms with Crippen LogP contribution < -0.4 is 80.4 Å². The fraction of sp³-hybridized carbons (Fsp3) is 0.364. The van der Waals surface area contributed by atoms with Crippen LogP contribution in [0.3, 0.4) is 0 Å². The molecule has 0 radical (unpaired) electrons. The second kappa shape index (κ2) is 12.0. The van der Waals surface area contributed by atoms with Gasteiger partial charge in [-0.25, -0.2) is 9.97 Å². The van der Waals surface area contributed by atoms with Crippen LogP contribution in [0.1, 0.15) is 67.8 Å². The Balaban J connectivity index is 0.000000190. The first-order valence-electron chi connectivity index (χ1n) is 10.8. The van der Waals surface area contributed by atoms with Gasteiger partial charge in [-0.1, -0.05) is 0 Å². The van der Waals surface area contributed by atoms with Crippen molar-refractivity contribution in [1.29, 1.82) is 0 Å². The van der Waals surface area contributed by atoms with Gasteiger partial charge in [0.2, 0.25) is 0 Å². The minimum Gasteiger partial charge on any atom is -0.542 e. The normalized spacial score (nSPS) is 14.0. The van der Waals surface area contributed by atoms with Crippen molar-refractivity contribution < 1.29 is 78.9 Å². The number of hydrogen-bond acceptors (Lipinski definition) is 10. The second-order valence-electron chi connectivity index (χ2n) is 8.19. The first-order chi connectivity index (χ1) is 16.3. The molecule has 4 aromatic heterocycles. The number of H-pyrrole nitrogens is 2. The van der Waals surface area contributed by atoms with E-state index in [-0.39, 0.29) is 81.9 Å². The number of hydrogen-bond donors (Lipinski definition) is 2. The van der Waals surface area contributed by atoms with E-state index in [0.29, 0.717) is 20.4 Å². The fourth-order valence-corrected chi connectivity index (χ4v) is 7.05. The number of carboxylic acids is 2. The maximum Gasteiger partial charge on any atom is 1.00 e. The molecule has 14 heteroatoms. The number of nitrogens with one attached hydrogen (secondary N) is 2. The van der Waals surface area contributed by atoms with E-state index in [9.17, 15) is 29.4 Å². The van der Waals surface area contributed by atoms with Crippen LogP contribution in [0.25, 0.3) is 20.4 Å². The van der Waals surface area contributed by atoms with Crippen molar-refractivity contribution in [1.82, 2.24) is 19.9 Å². The van der Waals surface area contributed by atoms with E-state index >= 15 is 0 Å². The molecule has 0 saturated heterocycles. The molecule has 2 aliphatic carbocycles. The van der Waals surface area contributed by atoms with Gasteiger partial charge in [0.05, 0.1) is 10.8 Å². The van der Waals surface area contributed by atoms with E-state index in [2.05, 4.69) is 19.9 Å². The second-order valence-corrected chi connectivity index (χ2v) is 10.4. The molecular formula is C22H18N4Na2O6S2. The quantitative estimate of drug-likeness (QED) is 0.235. The molecule has 176 valence electrons. The van der Waals surface area contributed by atoms with Crippen LogP contribution in [0, 0.1) is 0 Å². The largest absolute Gasteiger partial charge is 1.00 e. The van der Waals surface area contributed by atoms with Crippen molar-refractivity contribution in [2.45, 2.75) is 51.4 Å². The van der Waals surface area contributed by atoms with Crippen LogP contribution in [0.4, 0.5) is 0 Å². The molecule has 36 heavy (non-hydrogen) atoms. The molecule has 0 aliphatic heterocycles. The van der Waals surface area contributed by atoms with Gasteiger partial charge in [-0.05, 0) is 62.5 Å². The van der Waals surface area contributed by atoms with E-state index in [0.717, 1.165) is 62.5 Å². The van der Waals surface area contributed by atoms with Gasteiger partial charge in [-0.15, -0.1) is 22.7 Å². The van der Waals surface area contributed by atoms with Crippen LogP contribution in [0.2, 0.25) is 0 Å². The molecule has 10 nitrogen and oxygen atoms in total. The number of aromatic nitrogens is 4. The van der Waals surface area contributed by atoms with Crippen LogP contribution in [0.5, 0.6) is 0 Å². The summed E-state index contributed by atoms with van der Waals surface area (Å²) >= 11 is 2.85. The molecule has 6 rings (SSSR count). The Bertz CT molecular complexity index is 1470. The number of rotatable bonds is 2. The maximum absolute atomic E-state index is 11.9. The summed E-state index contributed by atoms with van der Waals surface area (Å²) in [6.45, 7) is 0. The molecule has 0 atom stereocenters. The monoisotopic (exact) mass is 544 g/mol. The number of aryl methyl sites for hydroxylation is 4. The van der Waals surface area contributed by atoms with Crippen LogP contribution in [0.15, 0.2) is 9.59 Å². The average molecular weight is 545 g/mol. The number of thiophene rings is 2. The summed E-state index contributed by atoms with van der Waals surface area (Å²) in [5, 5.41) is 22.5. The third kappa shape index (κ3) is 5.56. The Hall–Kier alpha value is -1.38. The smallest absolute Gasteiger partial charge is 0.542 e. The molecular weight excluding hydrogens is 526 g/mol. The average Bonchev–Trinajstić information content (AvgIpc) is 3.37. The summed E-state index contributed by atoms with van der Waals surface area (Å²) in [6, 6.07) is 0. The van der Waals surface area contributed by atoms with Gasteiger partial charge < -0.3 is 29.8 Å².